The van der Waals surface area contributed by atoms with Crippen LogP contribution in [-0.4, -0.2) is 68.9 Å². The zero-order valence-corrected chi connectivity index (χ0v) is 18.5. The molecular weight excluding hydrogens is 366 g/mol. The van der Waals surface area contributed by atoms with Gasteiger partial charge in [-0.15, -0.1) is 0 Å². The molecule has 0 aliphatic carbocycles. The molecule has 0 saturated carbocycles. The van der Waals surface area contributed by atoms with Gasteiger partial charge in [0.2, 0.25) is 0 Å². The van der Waals surface area contributed by atoms with Gasteiger partial charge in [0.15, 0.2) is 8.32 Å². The summed E-state index contributed by atoms with van der Waals surface area (Å²) in [4.78, 5) is 26.1. The van der Waals surface area contributed by atoms with Gasteiger partial charge in [0, 0.05) is 6.54 Å². The number of ether oxygens (including phenoxy) is 2. The number of esters is 1. The quantitative estimate of drug-likeness (QED) is 0.401. The van der Waals surface area contributed by atoms with Crippen LogP contribution in [0.5, 0.6) is 0 Å². The van der Waals surface area contributed by atoms with Crippen LogP contribution in [-0.2, 0) is 18.7 Å². The van der Waals surface area contributed by atoms with Crippen LogP contribution in [0.4, 0.5) is 4.79 Å². The predicted molar refractivity (Wildman–Crippen MR) is 106 cm³/mol. The molecule has 0 aromatic carbocycles. The van der Waals surface area contributed by atoms with E-state index in [1.807, 2.05) is 0 Å². The lowest BCUT2D eigenvalue weighted by Gasteiger charge is -2.43. The van der Waals surface area contributed by atoms with Crippen molar-refractivity contribution >= 4 is 20.4 Å². The molecule has 0 aromatic rings. The van der Waals surface area contributed by atoms with Gasteiger partial charge in [-0.25, -0.2) is 4.79 Å². The molecule has 0 spiro atoms. The molecule has 1 N–H and O–H groups in total. The largest absolute Gasteiger partial charge is 0.466 e. The highest BCUT2D eigenvalue weighted by molar-refractivity contribution is 6.74. The Labute approximate surface area is 163 Å². The number of rotatable bonds is 7. The fourth-order valence-corrected chi connectivity index (χ4v) is 3.69. The van der Waals surface area contributed by atoms with Crippen LogP contribution in [0.2, 0.25) is 18.1 Å². The first-order valence-corrected chi connectivity index (χ1v) is 12.4. The van der Waals surface area contributed by atoms with E-state index in [0.29, 0.717) is 6.61 Å². The summed E-state index contributed by atoms with van der Waals surface area (Å²) in [5, 5.41) is 10.5. The number of aliphatic hydroxyl groups excluding tert-OH is 1. The van der Waals surface area contributed by atoms with Crippen molar-refractivity contribution in [2.24, 2.45) is 5.92 Å². The standard InChI is InChI=1S/C19H35NO6Si/c1-8-10-25-18(23)20-12-15(17(22)24-9-2)16(21)11-14(20)13-26-27(6,7)19(3,4)5/h8,14-16,21H,1,9-13H2,2-7H3/t14-,15?,16?/m0/s1. The Balaban J connectivity index is 2.94. The van der Waals surface area contributed by atoms with Gasteiger partial charge in [-0.05, 0) is 31.5 Å². The summed E-state index contributed by atoms with van der Waals surface area (Å²) in [5.41, 5.74) is 0. The van der Waals surface area contributed by atoms with Crippen molar-refractivity contribution in [3.8, 4) is 0 Å². The second-order valence-corrected chi connectivity index (χ2v) is 13.2. The lowest BCUT2D eigenvalue weighted by Crippen LogP contribution is -2.57. The number of piperidine rings is 1. The van der Waals surface area contributed by atoms with Crippen molar-refractivity contribution in [1.82, 2.24) is 4.90 Å². The molecule has 1 aliphatic rings. The lowest BCUT2D eigenvalue weighted by atomic mass is 9.90. The van der Waals surface area contributed by atoms with Crippen LogP contribution in [0.1, 0.15) is 34.1 Å². The van der Waals surface area contributed by atoms with E-state index in [-0.39, 0.29) is 37.3 Å². The Kier molecular flexibility index (Phi) is 8.50. The van der Waals surface area contributed by atoms with Crippen molar-refractivity contribution < 1.29 is 28.6 Å². The Morgan fingerprint density at radius 2 is 1.93 bits per heavy atom. The number of carbonyl (C=O) groups excluding carboxylic acids is 2. The minimum atomic E-state index is -2.02. The minimum absolute atomic E-state index is 0.0297. The third-order valence-corrected chi connectivity index (χ3v) is 9.90. The van der Waals surface area contributed by atoms with Gasteiger partial charge in [0.05, 0.1) is 25.4 Å². The van der Waals surface area contributed by atoms with Crippen molar-refractivity contribution in [1.29, 1.82) is 0 Å². The molecule has 1 saturated heterocycles. The van der Waals surface area contributed by atoms with Gasteiger partial charge < -0.3 is 23.9 Å². The molecule has 156 valence electrons. The molecule has 1 aliphatic heterocycles. The monoisotopic (exact) mass is 401 g/mol. The van der Waals surface area contributed by atoms with Crippen molar-refractivity contribution in [3.63, 3.8) is 0 Å². The van der Waals surface area contributed by atoms with E-state index in [2.05, 4.69) is 40.4 Å². The highest BCUT2D eigenvalue weighted by Crippen LogP contribution is 2.37. The highest BCUT2D eigenvalue weighted by Gasteiger charge is 2.44. The van der Waals surface area contributed by atoms with E-state index in [9.17, 15) is 14.7 Å². The minimum Gasteiger partial charge on any atom is -0.466 e. The third-order valence-electron chi connectivity index (χ3n) is 5.40. The summed E-state index contributed by atoms with van der Waals surface area (Å²) in [7, 11) is -2.02. The summed E-state index contributed by atoms with van der Waals surface area (Å²) >= 11 is 0. The second kappa shape index (κ2) is 9.70. The van der Waals surface area contributed by atoms with E-state index < -0.39 is 32.4 Å². The van der Waals surface area contributed by atoms with Gasteiger partial charge in [0.25, 0.3) is 0 Å². The topological polar surface area (TPSA) is 85.3 Å². The molecule has 2 unspecified atom stereocenters. The Morgan fingerprint density at radius 3 is 2.44 bits per heavy atom. The zero-order valence-electron chi connectivity index (χ0n) is 17.5. The molecule has 8 heteroatoms. The fourth-order valence-electron chi connectivity index (χ4n) is 2.65. The molecule has 27 heavy (non-hydrogen) atoms. The zero-order chi connectivity index (χ0) is 20.8. The summed E-state index contributed by atoms with van der Waals surface area (Å²) in [6.07, 6.45) is 0.294. The number of hydrogen-bond donors (Lipinski definition) is 1. The first-order chi connectivity index (χ1) is 12.4. The Morgan fingerprint density at radius 1 is 1.30 bits per heavy atom. The van der Waals surface area contributed by atoms with Crippen LogP contribution >= 0.6 is 0 Å². The lowest BCUT2D eigenvalue weighted by molar-refractivity contribution is -0.156. The molecule has 1 heterocycles. The maximum absolute atomic E-state index is 12.5. The average molecular weight is 402 g/mol. The van der Waals surface area contributed by atoms with Gasteiger partial charge >= 0.3 is 12.1 Å². The van der Waals surface area contributed by atoms with E-state index in [1.165, 1.54) is 11.0 Å². The summed E-state index contributed by atoms with van der Waals surface area (Å²) in [6, 6.07) is -0.364. The number of hydrogen-bond acceptors (Lipinski definition) is 6. The molecular formula is C19H35NO6Si. The number of aliphatic hydroxyl groups is 1. The van der Waals surface area contributed by atoms with Gasteiger partial charge in [0.1, 0.15) is 12.5 Å². The number of likely N-dealkylation sites (tertiary alicyclic amines) is 1. The van der Waals surface area contributed by atoms with E-state index >= 15 is 0 Å². The molecule has 0 aromatic heterocycles. The van der Waals surface area contributed by atoms with E-state index in [4.69, 9.17) is 13.9 Å². The third kappa shape index (κ3) is 6.33. The van der Waals surface area contributed by atoms with Crippen LogP contribution in [0, 0.1) is 5.92 Å². The van der Waals surface area contributed by atoms with E-state index in [1.54, 1.807) is 6.92 Å². The van der Waals surface area contributed by atoms with Crippen LogP contribution < -0.4 is 0 Å². The molecule has 1 rings (SSSR count). The number of carbonyl (C=O) groups is 2. The highest BCUT2D eigenvalue weighted by atomic mass is 28.4. The number of nitrogens with zero attached hydrogens (tertiary/aromatic N) is 1. The summed E-state index contributed by atoms with van der Waals surface area (Å²) < 4.78 is 16.5. The molecule has 1 fully saturated rings. The molecule has 3 atom stereocenters. The fraction of sp³-hybridized carbons (Fsp3) is 0.789. The van der Waals surface area contributed by atoms with E-state index in [0.717, 1.165) is 0 Å². The van der Waals surface area contributed by atoms with Crippen LogP contribution in [0.25, 0.3) is 0 Å². The van der Waals surface area contributed by atoms with Gasteiger partial charge in [-0.2, -0.15) is 0 Å². The molecule has 0 bridgehead atoms. The molecule has 0 radical (unpaired) electrons. The van der Waals surface area contributed by atoms with Gasteiger partial charge in [-0.3, -0.25) is 4.79 Å². The van der Waals surface area contributed by atoms with Crippen molar-refractivity contribution in [3.05, 3.63) is 12.7 Å². The van der Waals surface area contributed by atoms with Gasteiger partial charge in [-0.1, -0.05) is 33.4 Å². The summed E-state index contributed by atoms with van der Waals surface area (Å²) in [6.45, 7) is 16.6. The van der Waals surface area contributed by atoms with Crippen LogP contribution in [0.15, 0.2) is 12.7 Å². The number of amides is 1. The first-order valence-electron chi connectivity index (χ1n) is 9.47. The SMILES string of the molecule is C=CCOC(=O)N1CC(C(=O)OCC)C(O)C[C@H]1CO[Si](C)(C)C(C)(C)C. The maximum atomic E-state index is 12.5. The second-order valence-electron chi connectivity index (χ2n) is 8.40. The smallest absolute Gasteiger partial charge is 0.410 e. The maximum Gasteiger partial charge on any atom is 0.410 e. The normalized spacial score (nSPS) is 23.7. The first kappa shape index (κ1) is 23.7. The Hall–Kier alpha value is -1.38. The predicted octanol–water partition coefficient (Wildman–Crippen LogP) is 2.95. The van der Waals surface area contributed by atoms with Crippen LogP contribution in [0.3, 0.4) is 0 Å². The average Bonchev–Trinajstić information content (AvgIpc) is 2.57. The van der Waals surface area contributed by atoms with Crippen molar-refractivity contribution in [2.45, 2.75) is 64.4 Å². The Bertz CT molecular complexity index is 531. The molecule has 7 nitrogen and oxygen atoms in total. The molecule has 1 amide bonds. The van der Waals surface area contributed by atoms with Crippen molar-refractivity contribution in [2.75, 3.05) is 26.4 Å². The summed E-state index contributed by atoms with van der Waals surface area (Å²) in [5.74, 6) is -1.29.